The van der Waals surface area contributed by atoms with Crippen molar-refractivity contribution in [3.63, 3.8) is 0 Å². The van der Waals surface area contributed by atoms with Crippen LogP contribution >= 0.6 is 0 Å². The van der Waals surface area contributed by atoms with Gasteiger partial charge in [-0.2, -0.15) is 8.61 Å². The molecule has 2 aromatic rings. The van der Waals surface area contributed by atoms with Crippen LogP contribution in [0.3, 0.4) is 0 Å². The second-order valence-electron chi connectivity index (χ2n) is 8.25. The molecular weight excluding hydrogens is 478 g/mol. The minimum absolute atomic E-state index is 0.0880. The molecule has 9 nitrogen and oxygen atoms in total. The Hall–Kier alpha value is -2.47. The molecule has 0 aromatic heterocycles. The number of hydrogen-bond donors (Lipinski definition) is 1. The summed E-state index contributed by atoms with van der Waals surface area (Å²) in [6.07, 6.45) is 2.25. The molecule has 0 bridgehead atoms. The maximum absolute atomic E-state index is 12.8. The Balaban J connectivity index is 1.51. The number of amides is 1. The van der Waals surface area contributed by atoms with E-state index in [1.165, 1.54) is 30.6 Å². The van der Waals surface area contributed by atoms with Gasteiger partial charge in [-0.05, 0) is 67.6 Å². The van der Waals surface area contributed by atoms with Gasteiger partial charge in [0.05, 0.1) is 23.4 Å². The third kappa shape index (κ3) is 5.96. The molecule has 1 fully saturated rings. The minimum atomic E-state index is -3.83. The Morgan fingerprint density at radius 1 is 1.03 bits per heavy atom. The van der Waals surface area contributed by atoms with Crippen molar-refractivity contribution in [3.8, 4) is 5.75 Å². The molecule has 34 heavy (non-hydrogen) atoms. The monoisotopic (exact) mass is 509 g/mol. The molecule has 186 valence electrons. The molecule has 0 atom stereocenters. The van der Waals surface area contributed by atoms with Crippen LogP contribution in [0.2, 0.25) is 0 Å². The molecule has 0 radical (unpaired) electrons. The molecule has 1 saturated heterocycles. The number of rotatable bonds is 10. The van der Waals surface area contributed by atoms with Gasteiger partial charge in [-0.15, -0.1) is 0 Å². The van der Waals surface area contributed by atoms with Crippen LogP contribution in [-0.2, 0) is 31.3 Å². The van der Waals surface area contributed by atoms with E-state index in [-0.39, 0.29) is 16.3 Å². The summed E-state index contributed by atoms with van der Waals surface area (Å²) in [7, 11) is -4.41. The lowest BCUT2D eigenvalue weighted by molar-refractivity contribution is -0.121. The van der Waals surface area contributed by atoms with Crippen molar-refractivity contribution in [2.24, 2.45) is 0 Å². The van der Waals surface area contributed by atoms with Crippen LogP contribution in [0.1, 0.15) is 24.0 Å². The Labute approximate surface area is 201 Å². The lowest BCUT2D eigenvalue weighted by atomic mass is 10.1. The first-order chi connectivity index (χ1) is 16.1. The van der Waals surface area contributed by atoms with Crippen LogP contribution in [0.4, 0.5) is 0 Å². The van der Waals surface area contributed by atoms with E-state index in [9.17, 15) is 21.6 Å². The lowest BCUT2D eigenvalue weighted by Gasteiger charge is -2.18. The number of carbonyl (C=O) groups is 1. The Morgan fingerprint density at radius 3 is 2.24 bits per heavy atom. The Kier molecular flexibility index (Phi) is 8.34. The van der Waals surface area contributed by atoms with Gasteiger partial charge in [-0.3, -0.25) is 4.79 Å². The molecule has 2 aromatic carbocycles. The van der Waals surface area contributed by atoms with Crippen LogP contribution in [0.15, 0.2) is 52.3 Å². The van der Waals surface area contributed by atoms with Crippen LogP contribution in [0.25, 0.3) is 0 Å². The molecule has 11 heteroatoms. The summed E-state index contributed by atoms with van der Waals surface area (Å²) < 4.78 is 58.4. The average Bonchev–Trinajstić information content (AvgIpc) is 3.35. The normalized spacial score (nSPS) is 14.9. The molecule has 3 rings (SSSR count). The van der Waals surface area contributed by atoms with Crippen molar-refractivity contribution in [2.75, 3.05) is 40.3 Å². The van der Waals surface area contributed by atoms with Gasteiger partial charge in [-0.1, -0.05) is 12.1 Å². The van der Waals surface area contributed by atoms with E-state index in [1.54, 1.807) is 37.3 Å². The van der Waals surface area contributed by atoms with E-state index >= 15 is 0 Å². The van der Waals surface area contributed by atoms with Gasteiger partial charge in [-0.25, -0.2) is 16.8 Å². The highest BCUT2D eigenvalue weighted by atomic mass is 32.2. The lowest BCUT2D eigenvalue weighted by Crippen LogP contribution is -2.39. The van der Waals surface area contributed by atoms with E-state index in [2.05, 4.69) is 5.32 Å². The number of methoxy groups -OCH3 is 1. The summed E-state index contributed by atoms with van der Waals surface area (Å²) in [4.78, 5) is 12.7. The highest BCUT2D eigenvalue weighted by Crippen LogP contribution is 2.23. The van der Waals surface area contributed by atoms with E-state index in [1.807, 2.05) is 0 Å². The molecule has 0 aliphatic carbocycles. The summed E-state index contributed by atoms with van der Waals surface area (Å²) in [5, 5.41) is 2.71. The van der Waals surface area contributed by atoms with Crippen LogP contribution in [0, 0.1) is 6.92 Å². The number of nitrogens with zero attached hydrogens (tertiary/aromatic N) is 2. The maximum Gasteiger partial charge on any atom is 0.243 e. The van der Waals surface area contributed by atoms with Gasteiger partial charge >= 0.3 is 0 Å². The van der Waals surface area contributed by atoms with E-state index < -0.39 is 26.0 Å². The van der Waals surface area contributed by atoms with Crippen molar-refractivity contribution in [2.45, 2.75) is 36.0 Å². The van der Waals surface area contributed by atoms with Gasteiger partial charge in [0.15, 0.2) is 0 Å². The number of hydrogen-bond acceptors (Lipinski definition) is 6. The number of carbonyl (C=O) groups excluding carboxylic acids is 1. The summed E-state index contributed by atoms with van der Waals surface area (Å²) >= 11 is 0. The van der Waals surface area contributed by atoms with Gasteiger partial charge in [0, 0.05) is 26.7 Å². The molecule has 1 N–H and O–H groups in total. The predicted molar refractivity (Wildman–Crippen MR) is 129 cm³/mol. The zero-order chi connectivity index (χ0) is 24.9. The predicted octanol–water partition coefficient (Wildman–Crippen LogP) is 1.77. The van der Waals surface area contributed by atoms with Gasteiger partial charge in [0.2, 0.25) is 26.0 Å². The SMILES string of the molecule is COc1ccc(S(=O)(=O)N(C)CC(=O)NCCc2ccc(S(=O)(=O)N3CCCC3)cc2)cc1C. The Bertz CT molecular complexity index is 1220. The summed E-state index contributed by atoms with van der Waals surface area (Å²) in [6.45, 7) is 2.84. The first-order valence-corrected chi connectivity index (χ1v) is 13.9. The first kappa shape index (κ1) is 26.1. The smallest absolute Gasteiger partial charge is 0.243 e. The summed E-state index contributed by atoms with van der Waals surface area (Å²) in [5.74, 6) is 0.158. The number of nitrogens with one attached hydrogen (secondary N) is 1. The van der Waals surface area contributed by atoms with Crippen molar-refractivity contribution >= 4 is 26.0 Å². The van der Waals surface area contributed by atoms with Gasteiger partial charge in [0.1, 0.15) is 5.75 Å². The fraction of sp³-hybridized carbons (Fsp3) is 0.435. The van der Waals surface area contributed by atoms with Crippen LogP contribution in [0.5, 0.6) is 5.75 Å². The standard InChI is InChI=1S/C23H31N3O6S2/c1-18-16-21(10-11-22(18)32-3)33(28,29)25(2)17-23(27)24-13-12-19-6-8-20(9-7-19)34(30,31)26-14-4-5-15-26/h6-11,16H,4-5,12-15,17H2,1-3H3,(H,24,27). The van der Waals surface area contributed by atoms with Crippen molar-refractivity contribution < 1.29 is 26.4 Å². The summed E-state index contributed by atoms with van der Waals surface area (Å²) in [5.41, 5.74) is 1.55. The largest absolute Gasteiger partial charge is 0.496 e. The number of aryl methyl sites for hydroxylation is 1. The van der Waals surface area contributed by atoms with E-state index in [0.717, 1.165) is 22.7 Å². The van der Waals surface area contributed by atoms with Crippen molar-refractivity contribution in [3.05, 3.63) is 53.6 Å². The Morgan fingerprint density at radius 2 is 1.65 bits per heavy atom. The number of likely N-dealkylation sites (N-methyl/N-ethyl adjacent to an activating group) is 1. The molecular formula is C23H31N3O6S2. The molecule has 0 unspecified atom stereocenters. The zero-order valence-electron chi connectivity index (χ0n) is 19.7. The second-order valence-corrected chi connectivity index (χ2v) is 12.2. The third-order valence-corrected chi connectivity index (χ3v) is 9.52. The molecule has 0 saturated carbocycles. The average molecular weight is 510 g/mol. The minimum Gasteiger partial charge on any atom is -0.496 e. The topological polar surface area (TPSA) is 113 Å². The first-order valence-electron chi connectivity index (χ1n) is 11.0. The van der Waals surface area contributed by atoms with Crippen molar-refractivity contribution in [1.29, 1.82) is 0 Å². The van der Waals surface area contributed by atoms with Crippen LogP contribution < -0.4 is 10.1 Å². The van der Waals surface area contributed by atoms with Gasteiger partial charge in [0.25, 0.3) is 0 Å². The highest BCUT2D eigenvalue weighted by molar-refractivity contribution is 7.89. The quantitative estimate of drug-likeness (QED) is 0.522. The molecule has 1 aliphatic rings. The number of sulfonamides is 2. The fourth-order valence-corrected chi connectivity index (χ4v) is 6.52. The van der Waals surface area contributed by atoms with Crippen molar-refractivity contribution in [1.82, 2.24) is 13.9 Å². The fourth-order valence-electron chi connectivity index (χ4n) is 3.79. The number of ether oxygens (including phenoxy) is 1. The highest BCUT2D eigenvalue weighted by Gasteiger charge is 2.27. The van der Waals surface area contributed by atoms with E-state index in [0.29, 0.717) is 37.4 Å². The second kappa shape index (κ2) is 10.9. The van der Waals surface area contributed by atoms with E-state index in [4.69, 9.17) is 4.74 Å². The third-order valence-electron chi connectivity index (χ3n) is 5.80. The molecule has 1 heterocycles. The molecule has 1 aliphatic heterocycles. The molecule has 1 amide bonds. The molecule has 0 spiro atoms. The van der Waals surface area contributed by atoms with Crippen LogP contribution in [-0.4, -0.2) is 71.7 Å². The number of benzene rings is 2. The maximum atomic E-state index is 12.8. The zero-order valence-corrected chi connectivity index (χ0v) is 21.3. The summed E-state index contributed by atoms with van der Waals surface area (Å²) in [6, 6.07) is 11.2. The van der Waals surface area contributed by atoms with Gasteiger partial charge < -0.3 is 10.1 Å².